The number of alkyl halides is 1. The first-order valence-electron chi connectivity index (χ1n) is 7.97. The van der Waals surface area contributed by atoms with Gasteiger partial charge in [-0.05, 0) is 30.5 Å². The minimum Gasteiger partial charge on any atom is -0.338 e. The van der Waals surface area contributed by atoms with Gasteiger partial charge in [0, 0.05) is 19.0 Å². The van der Waals surface area contributed by atoms with Crippen LogP contribution in [0.2, 0.25) is 0 Å². The van der Waals surface area contributed by atoms with Crippen LogP contribution < -0.4 is 10.6 Å². The van der Waals surface area contributed by atoms with Gasteiger partial charge in [-0.1, -0.05) is 48.0 Å². The highest BCUT2D eigenvalue weighted by Gasteiger charge is 2.16. The van der Waals surface area contributed by atoms with E-state index in [4.69, 9.17) is 0 Å². The SMILES string of the molecule is Cc1cccc(C(CNC(=O)NCCF)Cc2ccccc2F)c1. The Morgan fingerprint density at radius 3 is 2.62 bits per heavy atom. The van der Waals surface area contributed by atoms with Gasteiger partial charge in [0.05, 0.1) is 0 Å². The Morgan fingerprint density at radius 2 is 1.92 bits per heavy atom. The third kappa shape index (κ3) is 5.33. The number of rotatable bonds is 7. The van der Waals surface area contributed by atoms with Crippen molar-refractivity contribution in [3.63, 3.8) is 0 Å². The molecular weight excluding hydrogens is 310 g/mol. The van der Waals surface area contributed by atoms with E-state index in [1.54, 1.807) is 18.2 Å². The van der Waals surface area contributed by atoms with E-state index < -0.39 is 12.7 Å². The second-order valence-corrected chi connectivity index (χ2v) is 5.73. The van der Waals surface area contributed by atoms with E-state index in [0.717, 1.165) is 11.1 Å². The lowest BCUT2D eigenvalue weighted by Crippen LogP contribution is -2.39. The molecule has 2 N–H and O–H groups in total. The predicted octanol–water partition coefficient (Wildman–Crippen LogP) is 3.73. The van der Waals surface area contributed by atoms with Crippen molar-refractivity contribution < 1.29 is 13.6 Å². The molecule has 0 aliphatic rings. The van der Waals surface area contributed by atoms with E-state index in [-0.39, 0.29) is 18.3 Å². The first-order chi connectivity index (χ1) is 11.6. The molecule has 0 radical (unpaired) electrons. The lowest BCUT2D eigenvalue weighted by Gasteiger charge is -2.19. The van der Waals surface area contributed by atoms with Crippen LogP contribution in [0, 0.1) is 12.7 Å². The number of nitrogens with one attached hydrogen (secondary N) is 2. The lowest BCUT2D eigenvalue weighted by molar-refractivity contribution is 0.239. The number of aryl methyl sites for hydroxylation is 1. The van der Waals surface area contributed by atoms with Crippen molar-refractivity contribution in [3.05, 3.63) is 71.0 Å². The Morgan fingerprint density at radius 1 is 1.12 bits per heavy atom. The number of benzene rings is 2. The number of hydrogen-bond donors (Lipinski definition) is 2. The van der Waals surface area contributed by atoms with Crippen molar-refractivity contribution in [1.29, 1.82) is 0 Å². The Hall–Kier alpha value is -2.43. The molecule has 0 heterocycles. The molecule has 3 nitrogen and oxygen atoms in total. The maximum Gasteiger partial charge on any atom is 0.314 e. The molecule has 2 amide bonds. The summed E-state index contributed by atoms with van der Waals surface area (Å²) in [6, 6.07) is 14.2. The molecule has 0 aliphatic heterocycles. The summed E-state index contributed by atoms with van der Waals surface area (Å²) >= 11 is 0. The van der Waals surface area contributed by atoms with Crippen molar-refractivity contribution in [1.82, 2.24) is 10.6 Å². The molecule has 2 rings (SSSR count). The highest BCUT2D eigenvalue weighted by atomic mass is 19.1. The van der Waals surface area contributed by atoms with Crippen LogP contribution in [0.5, 0.6) is 0 Å². The molecular formula is C19H22F2N2O. The Labute approximate surface area is 141 Å². The van der Waals surface area contributed by atoms with Crippen molar-refractivity contribution >= 4 is 6.03 Å². The first-order valence-corrected chi connectivity index (χ1v) is 7.97. The normalized spacial score (nSPS) is 11.8. The van der Waals surface area contributed by atoms with Crippen LogP contribution in [0.25, 0.3) is 0 Å². The standard InChI is InChI=1S/C19H22F2N2O/c1-14-5-4-7-15(11-14)17(13-23-19(24)22-10-9-20)12-16-6-2-3-8-18(16)21/h2-8,11,17H,9-10,12-13H2,1H3,(H2,22,23,24). The van der Waals surface area contributed by atoms with E-state index in [1.807, 2.05) is 31.2 Å². The van der Waals surface area contributed by atoms with Crippen LogP contribution >= 0.6 is 0 Å². The van der Waals surface area contributed by atoms with Crippen LogP contribution in [0.4, 0.5) is 13.6 Å². The first kappa shape index (κ1) is 17.9. The molecule has 2 aromatic rings. The van der Waals surface area contributed by atoms with Crippen LogP contribution in [-0.2, 0) is 6.42 Å². The monoisotopic (exact) mass is 332 g/mol. The molecule has 0 saturated heterocycles. The molecule has 5 heteroatoms. The molecule has 128 valence electrons. The summed E-state index contributed by atoms with van der Waals surface area (Å²) in [5.74, 6) is -0.324. The van der Waals surface area contributed by atoms with Gasteiger partial charge in [0.1, 0.15) is 12.5 Å². The Bertz CT molecular complexity index is 676. The van der Waals surface area contributed by atoms with Gasteiger partial charge in [-0.2, -0.15) is 0 Å². The maximum atomic E-state index is 14.0. The lowest BCUT2D eigenvalue weighted by atomic mass is 9.91. The summed E-state index contributed by atoms with van der Waals surface area (Å²) < 4.78 is 26.1. The third-order valence-electron chi connectivity index (χ3n) is 3.83. The molecule has 0 aliphatic carbocycles. The fourth-order valence-electron chi connectivity index (χ4n) is 2.60. The topological polar surface area (TPSA) is 41.1 Å². The fourth-order valence-corrected chi connectivity index (χ4v) is 2.60. The van der Waals surface area contributed by atoms with Crippen molar-refractivity contribution in [2.45, 2.75) is 19.3 Å². The van der Waals surface area contributed by atoms with Crippen LogP contribution in [0.1, 0.15) is 22.6 Å². The van der Waals surface area contributed by atoms with E-state index in [2.05, 4.69) is 10.6 Å². The molecule has 0 spiro atoms. The molecule has 0 fully saturated rings. The number of hydrogen-bond acceptors (Lipinski definition) is 1. The number of carbonyl (C=O) groups is 1. The molecule has 0 aromatic heterocycles. The summed E-state index contributed by atoms with van der Waals surface area (Å²) in [7, 11) is 0. The van der Waals surface area contributed by atoms with Gasteiger partial charge in [0.2, 0.25) is 0 Å². The summed E-state index contributed by atoms with van der Waals surface area (Å²) in [5, 5.41) is 5.16. The van der Waals surface area contributed by atoms with Crippen LogP contribution in [0.3, 0.4) is 0 Å². The summed E-state index contributed by atoms with van der Waals surface area (Å²) in [6.45, 7) is 1.71. The largest absolute Gasteiger partial charge is 0.338 e. The Kier molecular flexibility index (Phi) is 6.73. The fraction of sp³-hybridized carbons (Fsp3) is 0.316. The highest BCUT2D eigenvalue weighted by Crippen LogP contribution is 2.23. The molecule has 24 heavy (non-hydrogen) atoms. The van der Waals surface area contributed by atoms with Gasteiger partial charge in [0.15, 0.2) is 0 Å². The molecule has 2 aromatic carbocycles. The van der Waals surface area contributed by atoms with Crippen molar-refractivity contribution in [3.8, 4) is 0 Å². The van der Waals surface area contributed by atoms with Crippen LogP contribution in [-0.4, -0.2) is 25.8 Å². The zero-order valence-corrected chi connectivity index (χ0v) is 13.7. The summed E-state index contributed by atoms with van der Waals surface area (Å²) in [5.41, 5.74) is 2.74. The van der Waals surface area contributed by atoms with Gasteiger partial charge in [-0.25, -0.2) is 13.6 Å². The number of urea groups is 1. The van der Waals surface area contributed by atoms with Gasteiger partial charge < -0.3 is 10.6 Å². The zero-order chi connectivity index (χ0) is 17.4. The van der Waals surface area contributed by atoms with E-state index in [1.165, 1.54) is 6.07 Å². The molecule has 1 atom stereocenters. The maximum absolute atomic E-state index is 14.0. The zero-order valence-electron chi connectivity index (χ0n) is 13.7. The van der Waals surface area contributed by atoms with Gasteiger partial charge >= 0.3 is 6.03 Å². The molecule has 1 unspecified atom stereocenters. The van der Waals surface area contributed by atoms with Gasteiger partial charge in [-0.15, -0.1) is 0 Å². The van der Waals surface area contributed by atoms with Crippen LogP contribution in [0.15, 0.2) is 48.5 Å². The highest BCUT2D eigenvalue weighted by molar-refractivity contribution is 5.73. The quantitative estimate of drug-likeness (QED) is 0.797. The van der Waals surface area contributed by atoms with Crippen molar-refractivity contribution in [2.75, 3.05) is 19.8 Å². The third-order valence-corrected chi connectivity index (χ3v) is 3.83. The molecule has 0 bridgehead atoms. The number of amides is 2. The number of halogens is 2. The predicted molar refractivity (Wildman–Crippen MR) is 91.4 cm³/mol. The summed E-state index contributed by atoms with van der Waals surface area (Å²) in [6.07, 6.45) is 0.472. The minimum atomic E-state index is -0.607. The van der Waals surface area contributed by atoms with E-state index >= 15 is 0 Å². The second kappa shape index (κ2) is 9.01. The van der Waals surface area contributed by atoms with Gasteiger partial charge in [-0.3, -0.25) is 0 Å². The van der Waals surface area contributed by atoms with E-state index in [0.29, 0.717) is 18.5 Å². The molecule has 0 saturated carbocycles. The van der Waals surface area contributed by atoms with Gasteiger partial charge in [0.25, 0.3) is 0 Å². The second-order valence-electron chi connectivity index (χ2n) is 5.73. The average Bonchev–Trinajstić information content (AvgIpc) is 2.58. The summed E-state index contributed by atoms with van der Waals surface area (Å²) in [4.78, 5) is 11.7. The van der Waals surface area contributed by atoms with E-state index in [9.17, 15) is 13.6 Å². The number of carbonyl (C=O) groups excluding carboxylic acids is 1. The smallest absolute Gasteiger partial charge is 0.314 e. The van der Waals surface area contributed by atoms with Crippen molar-refractivity contribution in [2.24, 2.45) is 0 Å². The Balaban J connectivity index is 2.12. The minimum absolute atomic E-state index is 0.0196. The average molecular weight is 332 g/mol.